The zero-order valence-electron chi connectivity index (χ0n) is 16.3. The summed E-state index contributed by atoms with van der Waals surface area (Å²) in [4.78, 5) is 21.8. The molecule has 0 aliphatic carbocycles. The van der Waals surface area contributed by atoms with Crippen LogP contribution < -0.4 is 9.47 Å². The molecule has 154 valence electrons. The van der Waals surface area contributed by atoms with E-state index in [9.17, 15) is 9.70 Å². The van der Waals surface area contributed by atoms with Crippen LogP contribution in [0.25, 0.3) is 0 Å². The summed E-state index contributed by atoms with van der Waals surface area (Å²) in [7, 11) is 0. The predicted octanol–water partition coefficient (Wildman–Crippen LogP) is 4.41. The van der Waals surface area contributed by atoms with Crippen molar-refractivity contribution in [3.05, 3.63) is 100 Å². The summed E-state index contributed by atoms with van der Waals surface area (Å²) in [6.45, 7) is 0.298. The van der Waals surface area contributed by atoms with Crippen molar-refractivity contribution < 1.29 is 19.4 Å². The van der Waals surface area contributed by atoms with Crippen molar-refractivity contribution in [2.75, 3.05) is 6.54 Å². The minimum atomic E-state index is -1.13. The molecule has 3 aromatic carbocycles. The van der Waals surface area contributed by atoms with E-state index in [0.717, 1.165) is 16.1 Å². The van der Waals surface area contributed by atoms with Gasteiger partial charge in [-0.05, 0) is 28.8 Å². The number of rotatable bonds is 11. The Kier molecular flexibility index (Phi) is 7.38. The lowest BCUT2D eigenvalue weighted by Crippen LogP contribution is -2.23. The van der Waals surface area contributed by atoms with Crippen molar-refractivity contribution >= 4 is 5.97 Å². The van der Waals surface area contributed by atoms with Crippen molar-refractivity contribution in [2.24, 2.45) is 5.29 Å². The molecule has 0 spiro atoms. The number of ether oxygens (including phenoxy) is 2. The first-order chi connectivity index (χ1) is 14.6. The Balaban J connectivity index is 1.77. The summed E-state index contributed by atoms with van der Waals surface area (Å²) in [5.74, 6) is -0.0613. The lowest BCUT2D eigenvalue weighted by Gasteiger charge is -2.17. The van der Waals surface area contributed by atoms with Crippen LogP contribution in [0.1, 0.15) is 16.7 Å². The van der Waals surface area contributed by atoms with E-state index in [4.69, 9.17) is 14.6 Å². The summed E-state index contributed by atoms with van der Waals surface area (Å²) in [5, 5.41) is 12.6. The molecule has 0 heterocycles. The molecule has 3 rings (SSSR count). The van der Waals surface area contributed by atoms with Gasteiger partial charge in [-0.15, -0.1) is 4.91 Å². The fraction of sp³-hybridized carbons (Fsp3) is 0.174. The lowest BCUT2D eigenvalue weighted by molar-refractivity contribution is -0.138. The Morgan fingerprint density at radius 2 is 1.37 bits per heavy atom. The molecule has 0 aliphatic heterocycles. The average Bonchev–Trinajstić information content (AvgIpc) is 2.77. The summed E-state index contributed by atoms with van der Waals surface area (Å²) in [6, 6.07) is 24.7. The molecular formula is C23H22N2O5. The summed E-state index contributed by atoms with van der Waals surface area (Å²) in [5.41, 5.74) is 2.71. The lowest BCUT2D eigenvalue weighted by atomic mass is 10.2. The predicted molar refractivity (Wildman–Crippen MR) is 112 cm³/mol. The molecule has 0 bridgehead atoms. The fourth-order valence-electron chi connectivity index (χ4n) is 2.83. The Hall–Kier alpha value is -3.87. The van der Waals surface area contributed by atoms with Crippen molar-refractivity contribution in [1.29, 1.82) is 0 Å². The highest BCUT2D eigenvalue weighted by molar-refractivity contribution is 5.69. The molecule has 0 fully saturated rings. The Morgan fingerprint density at radius 1 is 0.800 bits per heavy atom. The van der Waals surface area contributed by atoms with Crippen molar-refractivity contribution in [3.63, 3.8) is 0 Å². The summed E-state index contributed by atoms with van der Waals surface area (Å²) >= 11 is 0. The number of benzene rings is 3. The topological polar surface area (TPSA) is 88.4 Å². The largest absolute Gasteiger partial charge is 0.485 e. The van der Waals surface area contributed by atoms with Crippen LogP contribution in [-0.4, -0.2) is 22.6 Å². The van der Waals surface area contributed by atoms with Gasteiger partial charge in [-0.25, -0.2) is 5.01 Å². The van der Waals surface area contributed by atoms with Gasteiger partial charge in [0.25, 0.3) is 0 Å². The van der Waals surface area contributed by atoms with E-state index < -0.39 is 12.5 Å². The number of carboxylic acid groups (broad SMARTS) is 1. The van der Waals surface area contributed by atoms with E-state index >= 15 is 0 Å². The number of hydrogen-bond donors (Lipinski definition) is 1. The van der Waals surface area contributed by atoms with Crippen molar-refractivity contribution in [3.8, 4) is 11.5 Å². The highest BCUT2D eigenvalue weighted by Crippen LogP contribution is 2.30. The highest BCUT2D eigenvalue weighted by Gasteiger charge is 2.13. The summed E-state index contributed by atoms with van der Waals surface area (Å²) in [6.07, 6.45) is 0. The molecule has 7 heteroatoms. The zero-order chi connectivity index (χ0) is 21.2. The highest BCUT2D eigenvalue weighted by atomic mass is 16.5. The van der Waals surface area contributed by atoms with Gasteiger partial charge in [-0.1, -0.05) is 66.7 Å². The van der Waals surface area contributed by atoms with Gasteiger partial charge < -0.3 is 14.6 Å². The van der Waals surface area contributed by atoms with Crippen LogP contribution in [0.3, 0.4) is 0 Å². The number of nitroso groups, excluding NO2 is 1. The zero-order valence-corrected chi connectivity index (χ0v) is 16.3. The molecule has 0 atom stereocenters. The van der Waals surface area contributed by atoms with E-state index in [2.05, 4.69) is 5.29 Å². The first-order valence-electron chi connectivity index (χ1n) is 9.40. The maximum atomic E-state index is 10.9. The second-order valence-electron chi connectivity index (χ2n) is 6.63. The molecule has 0 radical (unpaired) electrons. The molecule has 3 aromatic rings. The third-order valence-corrected chi connectivity index (χ3v) is 4.28. The van der Waals surface area contributed by atoms with E-state index in [-0.39, 0.29) is 6.54 Å². The van der Waals surface area contributed by atoms with Crippen LogP contribution in [0.15, 0.2) is 84.1 Å². The van der Waals surface area contributed by atoms with Gasteiger partial charge in [-0.2, -0.15) is 0 Å². The van der Waals surface area contributed by atoms with Crippen LogP contribution >= 0.6 is 0 Å². The van der Waals surface area contributed by atoms with E-state index in [1.54, 1.807) is 18.2 Å². The molecule has 0 aromatic heterocycles. The number of carboxylic acids is 1. The number of carbonyl (C=O) groups is 1. The van der Waals surface area contributed by atoms with Gasteiger partial charge in [-0.3, -0.25) is 4.79 Å². The third-order valence-electron chi connectivity index (χ3n) is 4.28. The number of hydrogen-bond acceptors (Lipinski definition) is 5. The molecule has 0 saturated carbocycles. The molecule has 0 aliphatic rings. The van der Waals surface area contributed by atoms with Crippen molar-refractivity contribution in [2.45, 2.75) is 19.8 Å². The van der Waals surface area contributed by atoms with Crippen LogP contribution in [0.4, 0.5) is 0 Å². The molecule has 7 nitrogen and oxygen atoms in total. The van der Waals surface area contributed by atoms with Crippen LogP contribution in [0, 0.1) is 4.91 Å². The van der Waals surface area contributed by atoms with Crippen molar-refractivity contribution in [1.82, 2.24) is 5.01 Å². The normalized spacial score (nSPS) is 10.3. The molecule has 0 amide bonds. The van der Waals surface area contributed by atoms with Gasteiger partial charge in [0, 0.05) is 0 Å². The second-order valence-corrected chi connectivity index (χ2v) is 6.63. The Morgan fingerprint density at radius 3 is 1.90 bits per heavy atom. The minimum Gasteiger partial charge on any atom is -0.485 e. The number of nitrogens with zero attached hydrogens (tertiary/aromatic N) is 2. The van der Waals surface area contributed by atoms with Gasteiger partial charge in [0.15, 0.2) is 11.5 Å². The maximum Gasteiger partial charge on any atom is 0.325 e. The van der Waals surface area contributed by atoms with Gasteiger partial charge >= 0.3 is 5.97 Å². The fourth-order valence-corrected chi connectivity index (χ4v) is 2.83. The number of aliphatic carboxylic acids is 1. The maximum absolute atomic E-state index is 10.9. The first-order valence-corrected chi connectivity index (χ1v) is 9.40. The molecule has 0 saturated heterocycles. The summed E-state index contributed by atoms with van der Waals surface area (Å²) < 4.78 is 11.9. The van der Waals surface area contributed by atoms with Gasteiger partial charge in [0.05, 0.1) is 11.8 Å². The quantitative estimate of drug-likeness (QED) is 0.375. The van der Waals surface area contributed by atoms with E-state index in [0.29, 0.717) is 30.3 Å². The third kappa shape index (κ3) is 6.34. The molecule has 1 N–H and O–H groups in total. The van der Waals surface area contributed by atoms with E-state index in [1.807, 2.05) is 60.7 Å². The van der Waals surface area contributed by atoms with Crippen LogP contribution in [-0.2, 0) is 24.6 Å². The van der Waals surface area contributed by atoms with Gasteiger partial charge in [0.1, 0.15) is 19.8 Å². The molecular weight excluding hydrogens is 384 g/mol. The molecule has 30 heavy (non-hydrogen) atoms. The average molecular weight is 406 g/mol. The van der Waals surface area contributed by atoms with Gasteiger partial charge in [0.2, 0.25) is 0 Å². The smallest absolute Gasteiger partial charge is 0.325 e. The van der Waals surface area contributed by atoms with E-state index in [1.165, 1.54) is 0 Å². The van der Waals surface area contributed by atoms with Crippen LogP contribution in [0.2, 0.25) is 0 Å². The van der Waals surface area contributed by atoms with Crippen LogP contribution in [0.5, 0.6) is 11.5 Å². The standard InChI is InChI=1S/C23H22N2O5/c26-23(27)15-25(24-28)14-20-11-12-21(29-16-18-7-3-1-4-8-18)22(13-20)30-17-19-9-5-2-6-10-19/h1-13H,14-17H2,(H,26,27). The Labute approximate surface area is 174 Å². The Bertz CT molecular complexity index is 964. The second kappa shape index (κ2) is 10.6. The first kappa shape index (κ1) is 20.9. The monoisotopic (exact) mass is 406 g/mol. The minimum absolute atomic E-state index is 0.0520. The SMILES string of the molecule is O=NN(CC(=O)O)Cc1ccc(OCc2ccccc2)c(OCc2ccccc2)c1. The molecule has 0 unspecified atom stereocenters.